The first-order valence-electron chi connectivity index (χ1n) is 5.84. The maximum absolute atomic E-state index is 12.4. The third-order valence-corrected chi connectivity index (χ3v) is 2.47. The zero-order valence-electron chi connectivity index (χ0n) is 10.8. The minimum atomic E-state index is -4.43. The van der Waals surface area contributed by atoms with E-state index in [9.17, 15) is 18.0 Å². The van der Waals surface area contributed by atoms with Crippen LogP contribution in [0.15, 0.2) is 12.5 Å². The summed E-state index contributed by atoms with van der Waals surface area (Å²) in [5, 5.41) is 0. The number of carbonyl (C=O) groups is 1. The first kappa shape index (κ1) is 15.5. The number of alkyl halides is 3. The molecular formula is C11H17F3N4O. The molecule has 2 N–H and O–H groups in total. The Labute approximate surface area is 109 Å². The molecule has 5 nitrogen and oxygen atoms in total. The molecule has 1 aromatic rings. The number of rotatable bonds is 5. The largest absolute Gasteiger partial charge is 0.406 e. The van der Waals surface area contributed by atoms with Crippen LogP contribution in [-0.2, 0) is 6.54 Å². The first-order chi connectivity index (χ1) is 8.74. The summed E-state index contributed by atoms with van der Waals surface area (Å²) in [5.41, 5.74) is 5.34. The van der Waals surface area contributed by atoms with E-state index in [0.29, 0.717) is 13.1 Å². The Morgan fingerprint density at radius 2 is 2.16 bits per heavy atom. The Morgan fingerprint density at radius 3 is 2.63 bits per heavy atom. The quantitative estimate of drug-likeness (QED) is 0.881. The van der Waals surface area contributed by atoms with Crippen molar-refractivity contribution in [3.05, 3.63) is 18.2 Å². The van der Waals surface area contributed by atoms with Crippen LogP contribution in [0.5, 0.6) is 0 Å². The molecule has 1 rings (SSSR count). The summed E-state index contributed by atoms with van der Waals surface area (Å²) in [6, 6.07) is -0.561. The smallest absolute Gasteiger partial charge is 0.335 e. The molecule has 0 unspecified atom stereocenters. The Hall–Kier alpha value is -1.57. The lowest BCUT2D eigenvalue weighted by Crippen LogP contribution is -2.43. The Bertz CT molecular complexity index is 428. The van der Waals surface area contributed by atoms with Gasteiger partial charge in [-0.15, -0.1) is 0 Å². The molecule has 108 valence electrons. The van der Waals surface area contributed by atoms with Gasteiger partial charge in [0, 0.05) is 25.3 Å². The highest BCUT2D eigenvalue weighted by Gasteiger charge is 2.35. The number of imidazole rings is 1. The molecule has 0 aromatic carbocycles. The Morgan fingerprint density at radius 1 is 1.53 bits per heavy atom. The predicted molar refractivity (Wildman–Crippen MR) is 63.5 cm³/mol. The summed E-state index contributed by atoms with van der Waals surface area (Å²) < 4.78 is 38.9. The van der Waals surface area contributed by atoms with Gasteiger partial charge in [0.1, 0.15) is 12.2 Å². The van der Waals surface area contributed by atoms with Crippen LogP contribution >= 0.6 is 0 Å². The lowest BCUT2D eigenvalue weighted by molar-refractivity contribution is -0.143. The van der Waals surface area contributed by atoms with E-state index in [1.54, 1.807) is 4.57 Å². The second-order valence-electron chi connectivity index (χ2n) is 4.43. The molecule has 0 aliphatic carbocycles. The highest BCUT2D eigenvalue weighted by atomic mass is 19.4. The molecule has 0 aliphatic heterocycles. The first-order valence-corrected chi connectivity index (χ1v) is 5.84. The van der Waals surface area contributed by atoms with Gasteiger partial charge in [-0.1, -0.05) is 0 Å². The van der Waals surface area contributed by atoms with Gasteiger partial charge in [0.25, 0.3) is 5.91 Å². The number of halogens is 3. The van der Waals surface area contributed by atoms with Gasteiger partial charge in [-0.2, -0.15) is 13.2 Å². The van der Waals surface area contributed by atoms with E-state index in [-0.39, 0.29) is 5.69 Å². The van der Waals surface area contributed by atoms with Crippen molar-refractivity contribution >= 4 is 5.91 Å². The molecule has 1 heterocycles. The standard InChI is InChI=1S/C11H17F3N4O/c1-8(2)18(6-11(12,13)14)10(19)9-5-17(4-3-15)7-16-9/h5,7-8H,3-4,6,15H2,1-2H3. The van der Waals surface area contributed by atoms with Crippen molar-refractivity contribution in [3.8, 4) is 0 Å². The van der Waals surface area contributed by atoms with Crippen LogP contribution in [0, 0.1) is 0 Å². The molecule has 0 aliphatic rings. The monoisotopic (exact) mass is 278 g/mol. The molecule has 0 radical (unpaired) electrons. The van der Waals surface area contributed by atoms with E-state index in [2.05, 4.69) is 4.98 Å². The van der Waals surface area contributed by atoms with Crippen molar-refractivity contribution in [1.29, 1.82) is 0 Å². The van der Waals surface area contributed by atoms with E-state index in [1.165, 1.54) is 26.4 Å². The van der Waals surface area contributed by atoms with Crippen molar-refractivity contribution in [2.45, 2.75) is 32.6 Å². The normalized spacial score (nSPS) is 11.9. The number of hydrogen-bond donors (Lipinski definition) is 1. The molecule has 1 aromatic heterocycles. The van der Waals surface area contributed by atoms with E-state index < -0.39 is 24.7 Å². The molecule has 0 atom stereocenters. The summed E-state index contributed by atoms with van der Waals surface area (Å²) in [6.45, 7) is 2.59. The second kappa shape index (κ2) is 6.05. The second-order valence-corrected chi connectivity index (χ2v) is 4.43. The third-order valence-electron chi connectivity index (χ3n) is 2.47. The van der Waals surface area contributed by atoms with Crippen LogP contribution in [0.1, 0.15) is 24.3 Å². The minimum Gasteiger partial charge on any atom is -0.335 e. The van der Waals surface area contributed by atoms with Gasteiger partial charge >= 0.3 is 6.18 Å². The highest BCUT2D eigenvalue weighted by molar-refractivity contribution is 5.92. The molecule has 0 spiro atoms. The maximum atomic E-state index is 12.4. The predicted octanol–water partition coefficient (Wildman–Crippen LogP) is 1.25. The average Bonchev–Trinajstić information content (AvgIpc) is 2.72. The van der Waals surface area contributed by atoms with Gasteiger partial charge in [0.2, 0.25) is 0 Å². The van der Waals surface area contributed by atoms with Crippen LogP contribution in [0.3, 0.4) is 0 Å². The average molecular weight is 278 g/mol. The van der Waals surface area contributed by atoms with Crippen LogP contribution in [0.2, 0.25) is 0 Å². The fraction of sp³-hybridized carbons (Fsp3) is 0.636. The van der Waals surface area contributed by atoms with E-state index in [4.69, 9.17) is 5.73 Å². The van der Waals surface area contributed by atoms with Gasteiger partial charge in [0.15, 0.2) is 0 Å². The molecule has 0 bridgehead atoms. The lowest BCUT2D eigenvalue weighted by Gasteiger charge is -2.26. The zero-order chi connectivity index (χ0) is 14.6. The van der Waals surface area contributed by atoms with Crippen molar-refractivity contribution in [1.82, 2.24) is 14.5 Å². The fourth-order valence-corrected chi connectivity index (χ4v) is 1.57. The van der Waals surface area contributed by atoms with Crippen molar-refractivity contribution in [3.63, 3.8) is 0 Å². The summed E-state index contributed by atoms with van der Waals surface area (Å²) in [5.74, 6) is -0.733. The zero-order valence-corrected chi connectivity index (χ0v) is 10.8. The topological polar surface area (TPSA) is 64.2 Å². The number of amides is 1. The minimum absolute atomic E-state index is 0.00796. The molecule has 0 saturated heterocycles. The molecule has 0 fully saturated rings. The maximum Gasteiger partial charge on any atom is 0.406 e. The van der Waals surface area contributed by atoms with Crippen LogP contribution < -0.4 is 5.73 Å². The number of nitrogens with two attached hydrogens (primary N) is 1. The van der Waals surface area contributed by atoms with E-state index in [0.717, 1.165) is 4.90 Å². The van der Waals surface area contributed by atoms with E-state index >= 15 is 0 Å². The number of carbonyl (C=O) groups excluding carboxylic acids is 1. The van der Waals surface area contributed by atoms with Crippen molar-refractivity contribution in [2.75, 3.05) is 13.1 Å². The summed E-state index contributed by atoms with van der Waals surface area (Å²) >= 11 is 0. The van der Waals surface area contributed by atoms with Gasteiger partial charge in [0.05, 0.1) is 6.33 Å². The van der Waals surface area contributed by atoms with Crippen LogP contribution in [0.4, 0.5) is 13.2 Å². The van der Waals surface area contributed by atoms with Crippen molar-refractivity contribution < 1.29 is 18.0 Å². The van der Waals surface area contributed by atoms with Gasteiger partial charge in [-0.3, -0.25) is 4.79 Å². The molecule has 8 heteroatoms. The SMILES string of the molecule is CC(C)N(CC(F)(F)F)C(=O)c1cn(CCN)cn1. The van der Waals surface area contributed by atoms with Crippen molar-refractivity contribution in [2.24, 2.45) is 5.73 Å². The molecule has 1 amide bonds. The Balaban J connectivity index is 2.86. The fourth-order valence-electron chi connectivity index (χ4n) is 1.57. The van der Waals surface area contributed by atoms with Gasteiger partial charge in [-0.25, -0.2) is 4.98 Å². The molecular weight excluding hydrogens is 261 g/mol. The molecule has 19 heavy (non-hydrogen) atoms. The highest BCUT2D eigenvalue weighted by Crippen LogP contribution is 2.19. The Kier molecular flexibility index (Phi) is 4.93. The number of hydrogen-bond acceptors (Lipinski definition) is 3. The summed E-state index contributed by atoms with van der Waals surface area (Å²) in [4.78, 5) is 16.6. The summed E-state index contributed by atoms with van der Waals surface area (Å²) in [7, 11) is 0. The number of aromatic nitrogens is 2. The van der Waals surface area contributed by atoms with Gasteiger partial charge in [-0.05, 0) is 13.8 Å². The summed E-state index contributed by atoms with van der Waals surface area (Å²) in [6.07, 6.45) is -1.65. The number of nitrogens with zero attached hydrogens (tertiary/aromatic N) is 3. The molecule has 0 saturated carbocycles. The third kappa shape index (κ3) is 4.55. The van der Waals surface area contributed by atoms with E-state index in [1.807, 2.05) is 0 Å². The van der Waals surface area contributed by atoms with Crippen LogP contribution in [-0.4, -0.2) is 45.7 Å². The van der Waals surface area contributed by atoms with Gasteiger partial charge < -0.3 is 15.2 Å². The lowest BCUT2D eigenvalue weighted by atomic mass is 10.2. The van der Waals surface area contributed by atoms with Crippen LogP contribution in [0.25, 0.3) is 0 Å².